The number of hydrogen-bond donors (Lipinski definition) is 2. The van der Waals surface area contributed by atoms with Crippen LogP contribution in [-0.4, -0.2) is 25.3 Å². The summed E-state index contributed by atoms with van der Waals surface area (Å²) in [6.45, 7) is 1.52. The standard InChI is InChI=1S/C11H15NO2/c1-14-10-4-2-3-8-5-6-12-7-9(13)11(8)10/h2-4,9,12-13H,5-7H2,1H3. The first kappa shape index (κ1) is 9.49. The molecular weight excluding hydrogens is 178 g/mol. The number of aliphatic hydroxyl groups is 1. The fourth-order valence-electron chi connectivity index (χ4n) is 1.93. The Morgan fingerprint density at radius 1 is 1.50 bits per heavy atom. The second-order valence-electron chi connectivity index (χ2n) is 3.50. The van der Waals surface area contributed by atoms with Crippen LogP contribution in [0.5, 0.6) is 5.75 Å². The minimum absolute atomic E-state index is 0.455. The zero-order valence-electron chi connectivity index (χ0n) is 8.29. The number of rotatable bonds is 1. The summed E-state index contributed by atoms with van der Waals surface area (Å²) in [7, 11) is 1.64. The summed E-state index contributed by atoms with van der Waals surface area (Å²) in [4.78, 5) is 0. The van der Waals surface area contributed by atoms with Gasteiger partial charge in [0.05, 0.1) is 13.2 Å². The predicted molar refractivity (Wildman–Crippen MR) is 54.5 cm³/mol. The van der Waals surface area contributed by atoms with E-state index in [0.29, 0.717) is 6.54 Å². The van der Waals surface area contributed by atoms with Crippen molar-refractivity contribution >= 4 is 0 Å². The molecule has 1 heterocycles. The van der Waals surface area contributed by atoms with Crippen LogP contribution < -0.4 is 10.1 Å². The SMILES string of the molecule is COc1cccc2c1C(O)CNCC2. The van der Waals surface area contributed by atoms with E-state index in [9.17, 15) is 5.11 Å². The van der Waals surface area contributed by atoms with Crippen molar-refractivity contribution in [1.29, 1.82) is 0 Å². The summed E-state index contributed by atoms with van der Waals surface area (Å²) < 4.78 is 5.25. The van der Waals surface area contributed by atoms with Crippen LogP contribution in [0, 0.1) is 0 Å². The number of methoxy groups -OCH3 is 1. The van der Waals surface area contributed by atoms with Crippen molar-refractivity contribution in [1.82, 2.24) is 5.32 Å². The van der Waals surface area contributed by atoms with Crippen LogP contribution in [0.25, 0.3) is 0 Å². The van der Waals surface area contributed by atoms with E-state index in [1.54, 1.807) is 7.11 Å². The Bertz CT molecular complexity index is 325. The summed E-state index contributed by atoms with van der Waals surface area (Å²) in [5.41, 5.74) is 2.13. The van der Waals surface area contributed by atoms with Crippen molar-refractivity contribution in [3.05, 3.63) is 29.3 Å². The smallest absolute Gasteiger partial charge is 0.124 e. The molecule has 1 unspecified atom stereocenters. The molecule has 0 amide bonds. The summed E-state index contributed by atoms with van der Waals surface area (Å²) in [6, 6.07) is 5.91. The van der Waals surface area contributed by atoms with Gasteiger partial charge in [-0.1, -0.05) is 12.1 Å². The number of hydrogen-bond acceptors (Lipinski definition) is 3. The van der Waals surface area contributed by atoms with Gasteiger partial charge in [0, 0.05) is 12.1 Å². The third-order valence-corrected chi connectivity index (χ3v) is 2.62. The monoisotopic (exact) mass is 193 g/mol. The van der Waals surface area contributed by atoms with Gasteiger partial charge in [-0.25, -0.2) is 0 Å². The highest BCUT2D eigenvalue weighted by Gasteiger charge is 2.19. The van der Waals surface area contributed by atoms with Gasteiger partial charge in [0.2, 0.25) is 0 Å². The van der Waals surface area contributed by atoms with E-state index < -0.39 is 6.10 Å². The van der Waals surface area contributed by atoms with Crippen molar-refractivity contribution in [3.8, 4) is 5.75 Å². The van der Waals surface area contributed by atoms with Crippen molar-refractivity contribution in [3.63, 3.8) is 0 Å². The molecule has 0 saturated carbocycles. The van der Waals surface area contributed by atoms with Crippen molar-refractivity contribution < 1.29 is 9.84 Å². The average Bonchev–Trinajstić information content (AvgIpc) is 2.40. The van der Waals surface area contributed by atoms with Crippen molar-refractivity contribution in [2.45, 2.75) is 12.5 Å². The lowest BCUT2D eigenvalue weighted by atomic mass is 10.0. The molecule has 0 bridgehead atoms. The highest BCUT2D eigenvalue weighted by Crippen LogP contribution is 2.29. The molecule has 1 aliphatic rings. The molecule has 3 heteroatoms. The third-order valence-electron chi connectivity index (χ3n) is 2.62. The Morgan fingerprint density at radius 3 is 3.14 bits per heavy atom. The Morgan fingerprint density at radius 2 is 2.36 bits per heavy atom. The molecule has 14 heavy (non-hydrogen) atoms. The zero-order valence-corrected chi connectivity index (χ0v) is 8.29. The molecule has 2 rings (SSSR count). The van der Waals surface area contributed by atoms with Crippen LogP contribution in [0.3, 0.4) is 0 Å². The minimum atomic E-state index is -0.455. The predicted octanol–water partition coefficient (Wildman–Crippen LogP) is 0.874. The molecule has 1 atom stereocenters. The van der Waals surface area contributed by atoms with E-state index in [1.807, 2.05) is 18.2 Å². The first-order valence-corrected chi connectivity index (χ1v) is 4.87. The van der Waals surface area contributed by atoms with Crippen LogP contribution >= 0.6 is 0 Å². The fourth-order valence-corrected chi connectivity index (χ4v) is 1.93. The number of nitrogens with one attached hydrogen (secondary N) is 1. The number of fused-ring (bicyclic) bond motifs is 1. The molecule has 0 radical (unpaired) electrons. The van der Waals surface area contributed by atoms with Gasteiger partial charge >= 0.3 is 0 Å². The van der Waals surface area contributed by atoms with Crippen LogP contribution in [0.4, 0.5) is 0 Å². The van der Waals surface area contributed by atoms with E-state index in [4.69, 9.17) is 4.74 Å². The second kappa shape index (κ2) is 3.98. The summed E-state index contributed by atoms with van der Waals surface area (Å²) in [5, 5.41) is 13.1. The van der Waals surface area contributed by atoms with Crippen LogP contribution in [0.2, 0.25) is 0 Å². The fraction of sp³-hybridized carbons (Fsp3) is 0.455. The quantitative estimate of drug-likeness (QED) is 0.695. The van der Waals surface area contributed by atoms with Gasteiger partial charge in [-0.3, -0.25) is 0 Å². The normalized spacial score (nSPS) is 21.1. The highest BCUT2D eigenvalue weighted by atomic mass is 16.5. The van der Waals surface area contributed by atoms with E-state index in [0.717, 1.165) is 24.3 Å². The van der Waals surface area contributed by atoms with Gasteiger partial charge in [0.15, 0.2) is 0 Å². The Balaban J connectivity index is 2.47. The Hall–Kier alpha value is -1.06. The van der Waals surface area contributed by atoms with Crippen molar-refractivity contribution in [2.75, 3.05) is 20.2 Å². The first-order valence-electron chi connectivity index (χ1n) is 4.87. The number of β-amino-alcohol motifs (C(OH)–C–C–N with tert-alkyl or cyclic N) is 1. The zero-order chi connectivity index (χ0) is 9.97. The maximum atomic E-state index is 9.91. The lowest BCUT2D eigenvalue weighted by Gasteiger charge is -2.15. The van der Waals surface area contributed by atoms with E-state index in [1.165, 1.54) is 5.56 Å². The van der Waals surface area contributed by atoms with Crippen LogP contribution in [0.1, 0.15) is 17.2 Å². The molecule has 1 aliphatic heterocycles. The lowest BCUT2D eigenvalue weighted by molar-refractivity contribution is 0.173. The summed E-state index contributed by atoms with van der Waals surface area (Å²) >= 11 is 0. The van der Waals surface area contributed by atoms with Crippen LogP contribution in [-0.2, 0) is 6.42 Å². The molecule has 0 fully saturated rings. The van der Waals surface area contributed by atoms with Gasteiger partial charge in [0.1, 0.15) is 5.75 Å². The maximum Gasteiger partial charge on any atom is 0.124 e. The molecule has 1 aromatic carbocycles. The molecule has 3 nitrogen and oxygen atoms in total. The lowest BCUT2D eigenvalue weighted by Crippen LogP contribution is -2.19. The number of ether oxygens (including phenoxy) is 1. The molecule has 0 aromatic heterocycles. The highest BCUT2D eigenvalue weighted by molar-refractivity contribution is 5.42. The molecule has 1 aromatic rings. The first-order chi connectivity index (χ1) is 6.83. The molecule has 0 saturated heterocycles. The molecule has 2 N–H and O–H groups in total. The van der Waals surface area contributed by atoms with E-state index >= 15 is 0 Å². The van der Waals surface area contributed by atoms with E-state index in [-0.39, 0.29) is 0 Å². The maximum absolute atomic E-state index is 9.91. The van der Waals surface area contributed by atoms with Gasteiger partial charge in [0.25, 0.3) is 0 Å². The molecular formula is C11H15NO2. The number of aliphatic hydroxyl groups excluding tert-OH is 1. The number of benzene rings is 1. The van der Waals surface area contributed by atoms with Crippen LogP contribution in [0.15, 0.2) is 18.2 Å². The van der Waals surface area contributed by atoms with E-state index in [2.05, 4.69) is 5.32 Å². The second-order valence-corrected chi connectivity index (χ2v) is 3.50. The Labute approximate surface area is 83.7 Å². The summed E-state index contributed by atoms with van der Waals surface area (Å²) in [6.07, 6.45) is 0.493. The molecule has 0 aliphatic carbocycles. The van der Waals surface area contributed by atoms with Gasteiger partial charge < -0.3 is 15.2 Å². The average molecular weight is 193 g/mol. The largest absolute Gasteiger partial charge is 0.496 e. The molecule has 0 spiro atoms. The van der Waals surface area contributed by atoms with Gasteiger partial charge in [-0.2, -0.15) is 0 Å². The Kier molecular flexibility index (Phi) is 2.70. The third kappa shape index (κ3) is 1.61. The molecule has 76 valence electrons. The van der Waals surface area contributed by atoms with Gasteiger partial charge in [-0.05, 0) is 24.6 Å². The topological polar surface area (TPSA) is 41.5 Å². The van der Waals surface area contributed by atoms with Crippen molar-refractivity contribution in [2.24, 2.45) is 0 Å². The summed E-state index contributed by atoms with van der Waals surface area (Å²) in [5.74, 6) is 0.790. The van der Waals surface area contributed by atoms with Gasteiger partial charge in [-0.15, -0.1) is 0 Å². The minimum Gasteiger partial charge on any atom is -0.496 e.